The van der Waals surface area contributed by atoms with Crippen LogP contribution in [-0.4, -0.2) is 59.5 Å². The topological polar surface area (TPSA) is 49.6 Å². The molecule has 0 bridgehead atoms. The van der Waals surface area contributed by atoms with Crippen LogP contribution < -0.4 is 0 Å². The molecule has 2 aliphatic rings. The molecule has 2 atom stereocenters. The second-order valence-corrected chi connectivity index (χ2v) is 5.65. The van der Waals surface area contributed by atoms with Gasteiger partial charge >= 0.3 is 0 Å². The highest BCUT2D eigenvalue weighted by atomic mass is 35.5. The largest absolute Gasteiger partial charge is 0.298 e. The third kappa shape index (κ3) is 2.95. The fourth-order valence-electron chi connectivity index (χ4n) is 3.30. The molecule has 2 aliphatic heterocycles. The number of nitro groups is 1. The first kappa shape index (κ1) is 15.7. The smallest absolute Gasteiger partial charge is 0.246 e. The molecule has 0 radical (unpaired) electrons. The van der Waals surface area contributed by atoms with Crippen LogP contribution in [0.3, 0.4) is 0 Å². The molecule has 106 valence electrons. The Bertz CT molecular complexity index is 303. The number of halogens is 1. The predicted octanol–water partition coefficient (Wildman–Crippen LogP) is 1.63. The van der Waals surface area contributed by atoms with E-state index in [9.17, 15) is 10.1 Å². The summed E-state index contributed by atoms with van der Waals surface area (Å²) < 4.78 is 0. The quantitative estimate of drug-likeness (QED) is 0.569. The maximum atomic E-state index is 11.4. The van der Waals surface area contributed by atoms with Crippen LogP contribution >= 0.6 is 12.4 Å². The van der Waals surface area contributed by atoms with E-state index in [1.807, 2.05) is 14.0 Å². The van der Waals surface area contributed by atoms with Crippen LogP contribution in [0.4, 0.5) is 0 Å². The van der Waals surface area contributed by atoms with Crippen LogP contribution in [0, 0.1) is 10.1 Å². The molecule has 2 unspecified atom stereocenters. The SMILES string of the molecule is CCC1([N+](=O)[O-])CN(C)CC2CCCCN2C1.Cl. The molecule has 2 rings (SSSR count). The number of likely N-dealkylation sites (N-methyl/N-ethyl adjacent to an activating group) is 1. The fourth-order valence-corrected chi connectivity index (χ4v) is 3.30. The van der Waals surface area contributed by atoms with Crippen LogP contribution in [0.2, 0.25) is 0 Å². The summed E-state index contributed by atoms with van der Waals surface area (Å²) in [6, 6.07) is 0.530. The maximum absolute atomic E-state index is 11.4. The van der Waals surface area contributed by atoms with Crippen LogP contribution in [0.25, 0.3) is 0 Å². The lowest BCUT2D eigenvalue weighted by Gasteiger charge is -2.36. The van der Waals surface area contributed by atoms with Crippen molar-refractivity contribution in [1.29, 1.82) is 0 Å². The van der Waals surface area contributed by atoms with Gasteiger partial charge in [-0.3, -0.25) is 19.9 Å². The van der Waals surface area contributed by atoms with Gasteiger partial charge in [0.1, 0.15) is 0 Å². The standard InChI is InChI=1S/C12H23N3O2.ClH/c1-3-12(15(16)17)9-13(2)8-11-6-4-5-7-14(11)10-12;/h11H,3-10H2,1-2H3;1H. The molecule has 0 spiro atoms. The van der Waals surface area contributed by atoms with E-state index in [1.165, 1.54) is 19.3 Å². The molecular weight excluding hydrogens is 254 g/mol. The summed E-state index contributed by atoms with van der Waals surface area (Å²) in [6.45, 7) is 5.18. The summed E-state index contributed by atoms with van der Waals surface area (Å²) >= 11 is 0. The molecule has 18 heavy (non-hydrogen) atoms. The summed E-state index contributed by atoms with van der Waals surface area (Å²) in [7, 11) is 2.02. The second-order valence-electron chi connectivity index (χ2n) is 5.65. The van der Waals surface area contributed by atoms with Gasteiger partial charge in [-0.05, 0) is 26.4 Å². The van der Waals surface area contributed by atoms with Crippen molar-refractivity contribution in [1.82, 2.24) is 9.80 Å². The number of hydrogen-bond donors (Lipinski definition) is 0. The van der Waals surface area contributed by atoms with Crippen molar-refractivity contribution in [3.8, 4) is 0 Å². The number of fused-ring (bicyclic) bond motifs is 1. The van der Waals surface area contributed by atoms with E-state index in [4.69, 9.17) is 0 Å². The minimum Gasteiger partial charge on any atom is -0.298 e. The van der Waals surface area contributed by atoms with Gasteiger partial charge in [-0.2, -0.15) is 0 Å². The Morgan fingerprint density at radius 2 is 2.11 bits per heavy atom. The van der Waals surface area contributed by atoms with Crippen molar-refractivity contribution in [2.45, 2.75) is 44.2 Å². The summed E-state index contributed by atoms with van der Waals surface area (Å²) in [4.78, 5) is 15.9. The van der Waals surface area contributed by atoms with Crippen molar-refractivity contribution in [3.63, 3.8) is 0 Å². The first-order valence-corrected chi connectivity index (χ1v) is 6.64. The summed E-state index contributed by atoms with van der Waals surface area (Å²) in [5.41, 5.74) is -0.763. The van der Waals surface area contributed by atoms with Gasteiger partial charge in [0.25, 0.3) is 0 Å². The molecular formula is C12H24ClN3O2. The van der Waals surface area contributed by atoms with Crippen molar-refractivity contribution in [2.24, 2.45) is 0 Å². The van der Waals surface area contributed by atoms with E-state index in [0.29, 0.717) is 25.6 Å². The van der Waals surface area contributed by atoms with Crippen LogP contribution in [0.15, 0.2) is 0 Å². The lowest BCUT2D eigenvalue weighted by molar-refractivity contribution is -0.570. The summed E-state index contributed by atoms with van der Waals surface area (Å²) in [5.74, 6) is 0. The molecule has 0 amide bonds. The molecule has 5 nitrogen and oxygen atoms in total. The highest BCUT2D eigenvalue weighted by molar-refractivity contribution is 5.85. The zero-order valence-corrected chi connectivity index (χ0v) is 12.1. The molecule has 2 fully saturated rings. The molecule has 2 saturated heterocycles. The zero-order chi connectivity index (χ0) is 12.5. The van der Waals surface area contributed by atoms with Crippen molar-refractivity contribution in [2.75, 3.05) is 33.2 Å². The average Bonchev–Trinajstić information content (AvgIpc) is 2.44. The molecule has 2 heterocycles. The minimum atomic E-state index is -0.763. The van der Waals surface area contributed by atoms with Gasteiger partial charge < -0.3 is 0 Å². The van der Waals surface area contributed by atoms with E-state index >= 15 is 0 Å². The maximum Gasteiger partial charge on any atom is 0.246 e. The van der Waals surface area contributed by atoms with Gasteiger partial charge in [-0.25, -0.2) is 0 Å². The number of nitrogens with zero attached hydrogens (tertiary/aromatic N) is 3. The Morgan fingerprint density at radius 1 is 1.39 bits per heavy atom. The molecule has 0 aliphatic carbocycles. The normalized spacial score (nSPS) is 34.2. The van der Waals surface area contributed by atoms with Gasteiger partial charge in [0.2, 0.25) is 5.54 Å². The Balaban J connectivity index is 0.00000162. The molecule has 6 heteroatoms. The predicted molar refractivity (Wildman–Crippen MR) is 74.0 cm³/mol. The van der Waals surface area contributed by atoms with E-state index < -0.39 is 5.54 Å². The minimum absolute atomic E-state index is 0. The lowest BCUT2D eigenvalue weighted by Crippen LogP contribution is -2.53. The van der Waals surface area contributed by atoms with Gasteiger partial charge in [0, 0.05) is 23.9 Å². The summed E-state index contributed by atoms with van der Waals surface area (Å²) in [5, 5.41) is 11.4. The zero-order valence-electron chi connectivity index (χ0n) is 11.3. The van der Waals surface area contributed by atoms with Crippen molar-refractivity contribution >= 4 is 12.4 Å². The van der Waals surface area contributed by atoms with Crippen molar-refractivity contribution < 1.29 is 4.92 Å². The Morgan fingerprint density at radius 3 is 2.72 bits per heavy atom. The van der Waals surface area contributed by atoms with Crippen LogP contribution in [0.1, 0.15) is 32.6 Å². The Hall–Kier alpha value is -0.390. The van der Waals surface area contributed by atoms with Crippen LogP contribution in [-0.2, 0) is 0 Å². The van der Waals surface area contributed by atoms with Crippen molar-refractivity contribution in [3.05, 3.63) is 10.1 Å². The van der Waals surface area contributed by atoms with Gasteiger partial charge in [-0.15, -0.1) is 12.4 Å². The van der Waals surface area contributed by atoms with E-state index in [0.717, 1.165) is 13.1 Å². The molecule has 0 N–H and O–H groups in total. The lowest BCUT2D eigenvalue weighted by atomic mass is 9.94. The first-order valence-electron chi connectivity index (χ1n) is 6.64. The number of piperidine rings is 1. The molecule has 0 aromatic rings. The van der Waals surface area contributed by atoms with Gasteiger partial charge in [0.05, 0.1) is 13.1 Å². The number of rotatable bonds is 2. The van der Waals surface area contributed by atoms with Gasteiger partial charge in [0.15, 0.2) is 0 Å². The van der Waals surface area contributed by atoms with E-state index in [2.05, 4.69) is 9.80 Å². The second kappa shape index (κ2) is 6.17. The third-order valence-electron chi connectivity index (χ3n) is 4.38. The monoisotopic (exact) mass is 277 g/mol. The summed E-state index contributed by atoms with van der Waals surface area (Å²) in [6.07, 6.45) is 4.28. The number of hydrogen-bond acceptors (Lipinski definition) is 4. The fraction of sp³-hybridized carbons (Fsp3) is 1.00. The molecule has 0 aromatic heterocycles. The first-order chi connectivity index (χ1) is 8.07. The highest BCUT2D eigenvalue weighted by Gasteiger charge is 2.47. The van der Waals surface area contributed by atoms with Gasteiger partial charge in [-0.1, -0.05) is 13.3 Å². The van der Waals surface area contributed by atoms with Crippen LogP contribution in [0.5, 0.6) is 0 Å². The Kier molecular flexibility index (Phi) is 5.37. The molecule has 0 saturated carbocycles. The third-order valence-corrected chi connectivity index (χ3v) is 4.38. The average molecular weight is 278 g/mol. The van der Waals surface area contributed by atoms with E-state index in [1.54, 1.807) is 0 Å². The highest BCUT2D eigenvalue weighted by Crippen LogP contribution is 2.27. The molecule has 0 aromatic carbocycles. The Labute approximate surface area is 115 Å². The van der Waals surface area contributed by atoms with E-state index in [-0.39, 0.29) is 17.3 Å².